The molecule has 2 aromatic heterocycles. The molecule has 7 heteroatoms. The highest BCUT2D eigenvalue weighted by Gasteiger charge is 2.18. The molecule has 4 N–H and O–H groups in total. The number of hydrogen-bond donors (Lipinski definition) is 4. The molecule has 0 aliphatic carbocycles. The summed E-state index contributed by atoms with van der Waals surface area (Å²) in [5, 5.41) is 11.6. The summed E-state index contributed by atoms with van der Waals surface area (Å²) < 4.78 is 0. The van der Waals surface area contributed by atoms with Gasteiger partial charge in [-0.25, -0.2) is 4.79 Å². The maximum absolute atomic E-state index is 12.0. The van der Waals surface area contributed by atoms with Gasteiger partial charge in [-0.1, -0.05) is 0 Å². The number of aromatic carboxylic acids is 1. The molecule has 20 heavy (non-hydrogen) atoms. The van der Waals surface area contributed by atoms with E-state index < -0.39 is 11.9 Å². The Morgan fingerprint density at radius 1 is 1.20 bits per heavy atom. The van der Waals surface area contributed by atoms with Crippen molar-refractivity contribution in [3.63, 3.8) is 0 Å². The number of ketones is 1. The molecule has 2 rings (SSSR count). The van der Waals surface area contributed by atoms with E-state index in [0.717, 1.165) is 0 Å². The molecule has 0 aliphatic heterocycles. The van der Waals surface area contributed by atoms with E-state index in [-0.39, 0.29) is 22.7 Å². The van der Waals surface area contributed by atoms with Crippen LogP contribution in [0.15, 0.2) is 18.5 Å². The van der Waals surface area contributed by atoms with Crippen LogP contribution in [0.25, 0.3) is 0 Å². The predicted octanol–water partition coefficient (Wildman–Crippen LogP) is 1.80. The minimum Gasteiger partial charge on any atom is -0.478 e. The first-order valence-electron chi connectivity index (χ1n) is 5.82. The van der Waals surface area contributed by atoms with Crippen molar-refractivity contribution < 1.29 is 19.5 Å². The molecule has 7 nitrogen and oxygen atoms in total. The van der Waals surface area contributed by atoms with Crippen LogP contribution in [0, 0.1) is 6.92 Å². The van der Waals surface area contributed by atoms with E-state index in [2.05, 4.69) is 15.3 Å². The molecule has 0 radical (unpaired) electrons. The van der Waals surface area contributed by atoms with Crippen molar-refractivity contribution in [1.82, 2.24) is 9.97 Å². The number of H-pyrrole nitrogens is 2. The molecule has 0 fully saturated rings. The summed E-state index contributed by atoms with van der Waals surface area (Å²) in [7, 11) is 0. The highest BCUT2D eigenvalue weighted by molar-refractivity contribution is 6.08. The number of aryl methyl sites for hydroxylation is 1. The average Bonchev–Trinajstić information content (AvgIpc) is 2.96. The Kier molecular flexibility index (Phi) is 3.43. The van der Waals surface area contributed by atoms with Crippen molar-refractivity contribution in [3.05, 3.63) is 41.0 Å². The fourth-order valence-electron chi connectivity index (χ4n) is 1.82. The number of carboxylic acid groups (broad SMARTS) is 1. The monoisotopic (exact) mass is 275 g/mol. The molecular weight excluding hydrogens is 262 g/mol. The van der Waals surface area contributed by atoms with Crippen molar-refractivity contribution in [1.29, 1.82) is 0 Å². The van der Waals surface area contributed by atoms with Gasteiger partial charge in [0, 0.05) is 23.7 Å². The Labute approximate surface area is 114 Å². The van der Waals surface area contributed by atoms with E-state index in [1.54, 1.807) is 6.92 Å². The lowest BCUT2D eigenvalue weighted by Gasteiger charge is -2.03. The molecule has 0 aliphatic rings. The second-order valence-electron chi connectivity index (χ2n) is 4.32. The molecular formula is C13H13N3O4. The Morgan fingerprint density at radius 2 is 1.90 bits per heavy atom. The van der Waals surface area contributed by atoms with Crippen molar-refractivity contribution in [2.24, 2.45) is 0 Å². The van der Waals surface area contributed by atoms with Crippen LogP contribution in [-0.4, -0.2) is 32.7 Å². The number of carbonyl (C=O) groups is 3. The maximum atomic E-state index is 12.0. The number of hydrogen-bond acceptors (Lipinski definition) is 3. The lowest BCUT2D eigenvalue weighted by Crippen LogP contribution is -2.14. The Hall–Kier alpha value is -2.83. The van der Waals surface area contributed by atoms with Crippen molar-refractivity contribution in [2.45, 2.75) is 13.8 Å². The number of aromatic amines is 2. The smallest absolute Gasteiger partial charge is 0.339 e. The summed E-state index contributed by atoms with van der Waals surface area (Å²) in [6.07, 6.45) is 2.84. The number of nitrogens with one attached hydrogen (secondary N) is 3. The highest BCUT2D eigenvalue weighted by atomic mass is 16.4. The third kappa shape index (κ3) is 2.46. The van der Waals surface area contributed by atoms with Gasteiger partial charge in [0.1, 0.15) is 11.3 Å². The van der Waals surface area contributed by atoms with E-state index in [0.29, 0.717) is 11.3 Å². The van der Waals surface area contributed by atoms with Gasteiger partial charge in [0.15, 0.2) is 5.78 Å². The van der Waals surface area contributed by atoms with Crippen LogP contribution < -0.4 is 5.32 Å². The summed E-state index contributed by atoms with van der Waals surface area (Å²) in [4.78, 5) is 39.6. The normalized spacial score (nSPS) is 10.3. The average molecular weight is 275 g/mol. The Morgan fingerprint density at radius 3 is 2.45 bits per heavy atom. The van der Waals surface area contributed by atoms with Crippen molar-refractivity contribution >= 4 is 23.3 Å². The molecule has 2 heterocycles. The largest absolute Gasteiger partial charge is 0.478 e. The van der Waals surface area contributed by atoms with Gasteiger partial charge in [-0.2, -0.15) is 0 Å². The molecule has 2 aromatic rings. The Bertz CT molecular complexity index is 696. The Balaban J connectivity index is 2.23. The van der Waals surface area contributed by atoms with E-state index >= 15 is 0 Å². The number of Topliss-reactive ketones (excluding diaryl/α,β-unsaturated/α-hetero) is 1. The van der Waals surface area contributed by atoms with Crippen molar-refractivity contribution in [2.75, 3.05) is 5.32 Å². The number of carbonyl (C=O) groups excluding carboxylic acids is 2. The minimum atomic E-state index is -1.13. The molecule has 104 valence electrons. The van der Waals surface area contributed by atoms with Gasteiger partial charge in [0.25, 0.3) is 5.91 Å². The first kappa shape index (κ1) is 13.6. The van der Waals surface area contributed by atoms with E-state index in [1.165, 1.54) is 25.4 Å². The third-order valence-corrected chi connectivity index (χ3v) is 2.87. The molecule has 0 unspecified atom stereocenters. The second-order valence-corrected chi connectivity index (χ2v) is 4.32. The first-order valence-corrected chi connectivity index (χ1v) is 5.82. The minimum absolute atomic E-state index is 0.0108. The number of carboxylic acids is 1. The summed E-state index contributed by atoms with van der Waals surface area (Å²) in [6.45, 7) is 2.99. The van der Waals surface area contributed by atoms with Gasteiger partial charge in [0.05, 0.1) is 5.69 Å². The van der Waals surface area contributed by atoms with Gasteiger partial charge in [-0.15, -0.1) is 0 Å². The number of anilines is 1. The predicted molar refractivity (Wildman–Crippen MR) is 71.2 cm³/mol. The van der Waals surface area contributed by atoms with Gasteiger partial charge in [-0.05, 0) is 19.9 Å². The number of aromatic nitrogens is 2. The molecule has 0 spiro atoms. The molecule has 0 saturated heterocycles. The summed E-state index contributed by atoms with van der Waals surface area (Å²) in [5.74, 6) is -1.81. The van der Waals surface area contributed by atoms with Gasteiger partial charge >= 0.3 is 5.97 Å². The summed E-state index contributed by atoms with van der Waals surface area (Å²) >= 11 is 0. The van der Waals surface area contributed by atoms with Gasteiger partial charge in [0.2, 0.25) is 0 Å². The quantitative estimate of drug-likeness (QED) is 0.637. The molecule has 0 saturated carbocycles. The number of rotatable bonds is 4. The van der Waals surface area contributed by atoms with Crippen LogP contribution >= 0.6 is 0 Å². The maximum Gasteiger partial charge on any atom is 0.339 e. The zero-order chi connectivity index (χ0) is 14.9. The number of amides is 1. The van der Waals surface area contributed by atoms with Gasteiger partial charge in [-0.3, -0.25) is 9.59 Å². The SMILES string of the molecule is CC(=O)c1c[nH]c(C(=O)Nc2c[nH]c(C)c2C(=O)O)c1. The third-order valence-electron chi connectivity index (χ3n) is 2.87. The zero-order valence-electron chi connectivity index (χ0n) is 10.9. The second kappa shape index (κ2) is 5.04. The molecule has 1 amide bonds. The fourth-order valence-corrected chi connectivity index (χ4v) is 1.82. The van der Waals surface area contributed by atoms with Crippen LogP contribution in [0.4, 0.5) is 5.69 Å². The summed E-state index contributed by atoms with van der Waals surface area (Å²) in [6, 6.07) is 1.41. The van der Waals surface area contributed by atoms with E-state index in [1.807, 2.05) is 0 Å². The topological polar surface area (TPSA) is 115 Å². The van der Waals surface area contributed by atoms with E-state index in [4.69, 9.17) is 5.11 Å². The van der Waals surface area contributed by atoms with Crippen LogP contribution in [-0.2, 0) is 0 Å². The standard InChI is InChI=1S/C13H13N3O4/c1-6-11(13(19)20)10(5-14-6)16-12(18)9-3-8(4-15-9)7(2)17/h3-5,14-15H,1-2H3,(H,16,18)(H,19,20). The zero-order valence-corrected chi connectivity index (χ0v) is 10.9. The molecule has 0 aromatic carbocycles. The van der Waals surface area contributed by atoms with Crippen molar-refractivity contribution in [3.8, 4) is 0 Å². The van der Waals surface area contributed by atoms with Crippen LogP contribution in [0.1, 0.15) is 43.8 Å². The lowest BCUT2D eigenvalue weighted by molar-refractivity contribution is 0.0697. The van der Waals surface area contributed by atoms with Crippen LogP contribution in [0.5, 0.6) is 0 Å². The fraction of sp³-hybridized carbons (Fsp3) is 0.154. The summed E-state index contributed by atoms with van der Waals surface area (Å²) in [5.41, 5.74) is 1.21. The van der Waals surface area contributed by atoms with Gasteiger partial charge < -0.3 is 20.4 Å². The first-order chi connectivity index (χ1) is 9.40. The highest BCUT2D eigenvalue weighted by Crippen LogP contribution is 2.20. The molecule has 0 bridgehead atoms. The molecule has 0 atom stereocenters. The van der Waals surface area contributed by atoms with Crippen LogP contribution in [0.3, 0.4) is 0 Å². The lowest BCUT2D eigenvalue weighted by atomic mass is 10.2. The van der Waals surface area contributed by atoms with Crippen LogP contribution in [0.2, 0.25) is 0 Å². The van der Waals surface area contributed by atoms with E-state index in [9.17, 15) is 14.4 Å².